The van der Waals surface area contributed by atoms with E-state index in [-0.39, 0.29) is 18.2 Å². The number of benzene rings is 2. The van der Waals surface area contributed by atoms with Gasteiger partial charge in [-0.05, 0) is 36.2 Å². The van der Waals surface area contributed by atoms with Gasteiger partial charge in [-0.2, -0.15) is 4.98 Å². The molecule has 28 heavy (non-hydrogen) atoms. The number of methoxy groups -OCH3 is 2. The lowest BCUT2D eigenvalue weighted by Gasteiger charge is -2.17. The van der Waals surface area contributed by atoms with Crippen LogP contribution in [0.3, 0.4) is 0 Å². The molecule has 0 saturated heterocycles. The predicted octanol–water partition coefficient (Wildman–Crippen LogP) is 3.64. The summed E-state index contributed by atoms with van der Waals surface area (Å²) in [5.41, 5.74) is 1.38. The molecule has 0 aliphatic heterocycles. The smallest absolute Gasteiger partial charge is 0.316 e. The maximum absolute atomic E-state index is 13.6. The molecule has 6 nitrogen and oxygen atoms in total. The Morgan fingerprint density at radius 3 is 2.43 bits per heavy atom. The highest BCUT2D eigenvalue weighted by atomic mass is 19.1. The third-order valence-corrected chi connectivity index (χ3v) is 4.15. The fraction of sp³-hybridized carbons (Fsp3) is 0.200. The molecule has 0 bridgehead atoms. The summed E-state index contributed by atoms with van der Waals surface area (Å²) in [6, 6.07) is 8.66. The van der Waals surface area contributed by atoms with E-state index in [4.69, 9.17) is 9.47 Å². The van der Waals surface area contributed by atoms with Gasteiger partial charge in [-0.1, -0.05) is 6.07 Å². The summed E-state index contributed by atoms with van der Waals surface area (Å²) < 4.78 is 38.9. The number of aryl methyl sites for hydroxylation is 1. The van der Waals surface area contributed by atoms with Gasteiger partial charge in [0.1, 0.15) is 17.4 Å². The van der Waals surface area contributed by atoms with E-state index in [2.05, 4.69) is 10.3 Å². The van der Waals surface area contributed by atoms with Gasteiger partial charge >= 0.3 is 5.56 Å². The maximum atomic E-state index is 13.6. The molecule has 3 aromatic rings. The molecule has 0 amide bonds. The van der Waals surface area contributed by atoms with Crippen molar-refractivity contribution in [2.45, 2.75) is 13.5 Å². The monoisotopic (exact) mass is 387 g/mol. The fourth-order valence-corrected chi connectivity index (χ4v) is 2.72. The second kappa shape index (κ2) is 8.08. The topological polar surface area (TPSA) is 65.4 Å². The van der Waals surface area contributed by atoms with Gasteiger partial charge in [0.2, 0.25) is 11.7 Å². The van der Waals surface area contributed by atoms with Gasteiger partial charge in [-0.15, -0.1) is 0 Å². The molecule has 8 heteroatoms. The molecule has 1 N–H and O–H groups in total. The molecular formula is C20H19F2N3O3. The van der Waals surface area contributed by atoms with E-state index >= 15 is 0 Å². The van der Waals surface area contributed by atoms with Crippen molar-refractivity contribution >= 4 is 11.6 Å². The second-order valence-corrected chi connectivity index (χ2v) is 6.15. The Labute approximate surface area is 160 Å². The zero-order valence-electron chi connectivity index (χ0n) is 15.6. The highest BCUT2D eigenvalue weighted by Gasteiger charge is 2.12. The van der Waals surface area contributed by atoms with E-state index in [1.165, 1.54) is 25.4 Å². The van der Waals surface area contributed by atoms with Crippen LogP contribution in [0.1, 0.15) is 11.1 Å². The van der Waals surface area contributed by atoms with E-state index in [0.717, 1.165) is 11.6 Å². The average Bonchev–Trinajstić information content (AvgIpc) is 2.64. The van der Waals surface area contributed by atoms with Gasteiger partial charge < -0.3 is 19.4 Å². The quantitative estimate of drug-likeness (QED) is 0.700. The predicted molar refractivity (Wildman–Crippen MR) is 102 cm³/mol. The third-order valence-electron chi connectivity index (χ3n) is 4.15. The van der Waals surface area contributed by atoms with Gasteiger partial charge in [-0.25, -0.2) is 8.78 Å². The summed E-state index contributed by atoms with van der Waals surface area (Å²) in [5, 5.41) is 3.09. The lowest BCUT2D eigenvalue weighted by atomic mass is 10.2. The first-order valence-corrected chi connectivity index (χ1v) is 8.41. The highest BCUT2D eigenvalue weighted by Crippen LogP contribution is 2.25. The lowest BCUT2D eigenvalue weighted by Crippen LogP contribution is -2.19. The van der Waals surface area contributed by atoms with Crippen molar-refractivity contribution < 1.29 is 18.3 Å². The first-order valence-electron chi connectivity index (χ1n) is 8.41. The normalized spacial score (nSPS) is 10.6. The number of anilines is 2. The summed E-state index contributed by atoms with van der Waals surface area (Å²) >= 11 is 0. The summed E-state index contributed by atoms with van der Waals surface area (Å²) in [6.45, 7) is 1.96. The fourth-order valence-electron chi connectivity index (χ4n) is 2.72. The Bertz CT molecular complexity index is 1050. The Morgan fingerprint density at radius 2 is 1.79 bits per heavy atom. The second-order valence-electron chi connectivity index (χ2n) is 6.15. The molecule has 0 fully saturated rings. The SMILES string of the molecule is COc1ccc(C)c(Nc2nc(=O)c(OC)cn2Cc2cc(F)cc(F)c2)c1. The molecule has 0 aliphatic carbocycles. The largest absolute Gasteiger partial charge is 0.497 e. The van der Waals surface area contributed by atoms with E-state index in [1.54, 1.807) is 17.7 Å². The van der Waals surface area contributed by atoms with E-state index in [1.807, 2.05) is 19.1 Å². The van der Waals surface area contributed by atoms with Crippen LogP contribution in [0.5, 0.6) is 11.5 Å². The van der Waals surface area contributed by atoms with Crippen LogP contribution in [0, 0.1) is 18.6 Å². The summed E-state index contributed by atoms with van der Waals surface area (Å²) in [6.07, 6.45) is 1.44. The molecule has 0 aliphatic rings. The average molecular weight is 387 g/mol. The van der Waals surface area contributed by atoms with E-state index < -0.39 is 17.2 Å². The minimum atomic E-state index is -0.686. The van der Waals surface area contributed by atoms with Crippen molar-refractivity contribution in [1.29, 1.82) is 0 Å². The summed E-state index contributed by atoms with van der Waals surface area (Å²) in [4.78, 5) is 16.2. The van der Waals surface area contributed by atoms with Crippen LogP contribution in [0.4, 0.5) is 20.4 Å². The van der Waals surface area contributed by atoms with E-state index in [0.29, 0.717) is 17.0 Å². The molecular weight excluding hydrogens is 368 g/mol. The molecule has 0 unspecified atom stereocenters. The Hall–Kier alpha value is -3.42. The van der Waals surface area contributed by atoms with Crippen molar-refractivity contribution in [3.05, 3.63) is 75.7 Å². The molecule has 0 saturated carbocycles. The van der Waals surface area contributed by atoms with Crippen molar-refractivity contribution in [2.75, 3.05) is 19.5 Å². The van der Waals surface area contributed by atoms with Crippen LogP contribution in [0.15, 0.2) is 47.4 Å². The van der Waals surface area contributed by atoms with Crippen LogP contribution in [-0.4, -0.2) is 23.8 Å². The van der Waals surface area contributed by atoms with Gasteiger partial charge in [0.05, 0.1) is 27.0 Å². The Kier molecular flexibility index (Phi) is 5.58. The number of hydrogen-bond donors (Lipinski definition) is 1. The van der Waals surface area contributed by atoms with Gasteiger partial charge in [0.15, 0.2) is 0 Å². The number of ether oxygens (including phenoxy) is 2. The maximum Gasteiger partial charge on any atom is 0.316 e. The number of nitrogens with one attached hydrogen (secondary N) is 1. The first kappa shape index (κ1) is 19.3. The van der Waals surface area contributed by atoms with Crippen LogP contribution in [-0.2, 0) is 6.54 Å². The Morgan fingerprint density at radius 1 is 1.07 bits per heavy atom. The standard InChI is InChI=1S/C20H19F2N3O3/c1-12-4-5-16(27-2)9-17(12)23-20-24-19(26)18(28-3)11-25(20)10-13-6-14(21)8-15(22)7-13/h4-9,11H,10H2,1-3H3,(H,23,24,26). The lowest BCUT2D eigenvalue weighted by molar-refractivity contribution is 0.402. The summed E-state index contributed by atoms with van der Waals surface area (Å²) in [7, 11) is 2.90. The molecule has 2 aromatic carbocycles. The highest BCUT2D eigenvalue weighted by molar-refractivity contribution is 5.61. The number of rotatable bonds is 6. The van der Waals surface area contributed by atoms with Gasteiger partial charge in [0.25, 0.3) is 0 Å². The van der Waals surface area contributed by atoms with Crippen molar-refractivity contribution in [3.8, 4) is 11.5 Å². The number of hydrogen-bond acceptors (Lipinski definition) is 5. The molecule has 146 valence electrons. The summed E-state index contributed by atoms with van der Waals surface area (Å²) in [5.74, 6) is -0.525. The minimum absolute atomic E-state index is 0.0183. The van der Waals surface area contributed by atoms with E-state index in [9.17, 15) is 13.6 Å². The third kappa shape index (κ3) is 4.28. The van der Waals surface area contributed by atoms with Crippen LogP contribution in [0.2, 0.25) is 0 Å². The first-order chi connectivity index (χ1) is 13.4. The van der Waals surface area contributed by atoms with Gasteiger partial charge in [0, 0.05) is 17.8 Å². The number of nitrogens with zero attached hydrogens (tertiary/aromatic N) is 2. The Balaban J connectivity index is 2.05. The molecule has 0 spiro atoms. The molecule has 1 heterocycles. The number of halogens is 2. The van der Waals surface area contributed by atoms with Crippen molar-refractivity contribution in [1.82, 2.24) is 9.55 Å². The van der Waals surface area contributed by atoms with Gasteiger partial charge in [-0.3, -0.25) is 4.79 Å². The number of aromatic nitrogens is 2. The molecule has 0 radical (unpaired) electrons. The van der Waals surface area contributed by atoms with Crippen LogP contribution >= 0.6 is 0 Å². The zero-order chi connectivity index (χ0) is 20.3. The zero-order valence-corrected chi connectivity index (χ0v) is 15.6. The molecule has 3 rings (SSSR count). The van der Waals surface area contributed by atoms with Crippen molar-refractivity contribution in [2.24, 2.45) is 0 Å². The minimum Gasteiger partial charge on any atom is -0.497 e. The molecule has 0 atom stereocenters. The molecule has 1 aromatic heterocycles. The van der Waals surface area contributed by atoms with Crippen LogP contribution < -0.4 is 20.3 Å². The van der Waals surface area contributed by atoms with Crippen molar-refractivity contribution in [3.63, 3.8) is 0 Å². The van der Waals surface area contributed by atoms with Crippen LogP contribution in [0.25, 0.3) is 0 Å².